The van der Waals surface area contributed by atoms with Crippen molar-refractivity contribution < 1.29 is 0 Å². The molecule has 2 aromatic heterocycles. The Morgan fingerprint density at radius 1 is 0.175 bits per heavy atom. The first-order valence-electron chi connectivity index (χ1n) is 43.7. The molecule has 126 heavy (non-hydrogen) atoms. The number of rotatable bonds is 16. The van der Waals surface area contributed by atoms with Crippen molar-refractivity contribution in [1.82, 2.24) is 9.13 Å². The monoisotopic (exact) mass is 1620 g/mol. The molecule has 2 aliphatic carbocycles. The molecule has 2 aliphatic rings. The lowest BCUT2D eigenvalue weighted by molar-refractivity contribution is 0.769. The molecule has 1 atom stereocenters. The molecule has 0 saturated carbocycles. The van der Waals surface area contributed by atoms with Gasteiger partial charge in [-0.2, -0.15) is 0 Å². The van der Waals surface area contributed by atoms with E-state index in [9.17, 15) is 0 Å². The van der Waals surface area contributed by atoms with Gasteiger partial charge in [-0.3, -0.25) is 0 Å². The molecular weight excluding hydrogens is 1540 g/mol. The Bertz CT molecular complexity index is 7210. The van der Waals surface area contributed by atoms with Crippen LogP contribution in [0.1, 0.15) is 44.5 Å². The summed E-state index contributed by atoms with van der Waals surface area (Å²) < 4.78 is 4.76. The molecule has 0 radical (unpaired) electrons. The topological polar surface area (TPSA) is 9.86 Å². The van der Waals surface area contributed by atoms with Gasteiger partial charge in [-0.1, -0.05) is 459 Å². The van der Waals surface area contributed by atoms with Crippen molar-refractivity contribution >= 4 is 90.5 Å². The van der Waals surface area contributed by atoms with E-state index >= 15 is 0 Å². The SMILES string of the molecule is c1ccc(-c2ccc(B(c3ccc(-c4ccc5c(c4)c4ccccc4n5-c4ccccc4)cc3)c3ccc4c(c3)C(c3ccccc3)(c3ccccc3)c3ccccc3-4)cc2)cc1.c1ccc(-c2ccc(P(c3ccc(-c4ccc5c(c4)c4ccccc4n5-c4ccccc4)cc3)c3ccc4c(c3)C(c3ccccc3)(c3ccccc3)c3ccccc3-4)cc2)cc1. The van der Waals surface area contributed by atoms with Gasteiger partial charge in [0.25, 0.3) is 0 Å². The van der Waals surface area contributed by atoms with Gasteiger partial charge in [0, 0.05) is 32.9 Å². The van der Waals surface area contributed by atoms with E-state index in [0.29, 0.717) is 0 Å². The molecule has 0 spiro atoms. The third-order valence-corrected chi connectivity index (χ3v) is 28.9. The fraction of sp³-hybridized carbons (Fsp3) is 0.0164. The van der Waals surface area contributed by atoms with Crippen molar-refractivity contribution in [3.05, 3.63) is 554 Å². The van der Waals surface area contributed by atoms with Gasteiger partial charge in [-0.05, 0) is 202 Å². The molecule has 2 heterocycles. The highest BCUT2D eigenvalue weighted by atomic mass is 31.1. The number of hydrogen-bond donors (Lipinski definition) is 0. The molecule has 0 amide bonds. The van der Waals surface area contributed by atoms with Crippen molar-refractivity contribution in [2.45, 2.75) is 10.8 Å². The summed E-state index contributed by atoms with van der Waals surface area (Å²) >= 11 is 0. The van der Waals surface area contributed by atoms with Crippen molar-refractivity contribution in [2.24, 2.45) is 0 Å². The van der Waals surface area contributed by atoms with Gasteiger partial charge in [0.05, 0.1) is 32.9 Å². The maximum atomic E-state index is 2.55. The first kappa shape index (κ1) is 75.5. The van der Waals surface area contributed by atoms with E-state index in [-0.39, 0.29) is 6.71 Å². The number of benzene rings is 20. The molecule has 0 aliphatic heterocycles. The Kier molecular flexibility index (Phi) is 19.2. The normalized spacial score (nSPS) is 12.9. The number of hydrogen-bond acceptors (Lipinski definition) is 0. The summed E-state index contributed by atoms with van der Waals surface area (Å²) in [6.07, 6.45) is 0. The zero-order chi connectivity index (χ0) is 83.5. The lowest BCUT2D eigenvalue weighted by Gasteiger charge is -2.34. The first-order valence-corrected chi connectivity index (χ1v) is 45.1. The third-order valence-electron chi connectivity index (χ3n) is 26.5. The van der Waals surface area contributed by atoms with Crippen LogP contribution in [0.2, 0.25) is 0 Å². The Balaban J connectivity index is 0.000000145. The van der Waals surface area contributed by atoms with Crippen LogP contribution in [0.5, 0.6) is 0 Å². The van der Waals surface area contributed by atoms with Gasteiger partial charge in [-0.25, -0.2) is 0 Å². The van der Waals surface area contributed by atoms with Gasteiger partial charge in [0.2, 0.25) is 6.71 Å². The zero-order valence-electron chi connectivity index (χ0n) is 69.4. The summed E-state index contributed by atoms with van der Waals surface area (Å²) in [4.78, 5) is 0. The smallest absolute Gasteiger partial charge is 0.241 e. The fourth-order valence-electron chi connectivity index (χ4n) is 20.9. The van der Waals surface area contributed by atoms with E-state index in [0.717, 1.165) is 0 Å². The highest BCUT2D eigenvalue weighted by Gasteiger charge is 2.48. The lowest BCUT2D eigenvalue weighted by Crippen LogP contribution is -2.52. The Labute approximate surface area is 737 Å². The van der Waals surface area contributed by atoms with E-state index in [1.54, 1.807) is 0 Å². The van der Waals surface area contributed by atoms with Crippen molar-refractivity contribution in [1.29, 1.82) is 0 Å². The molecule has 0 fully saturated rings. The standard InChI is InChI=1S/C61H42BN.C61H42NP/c1-5-17-43(18-6-1)44-29-34-49(35-30-44)62(50-36-31-45(32-37-50)46-33-40-60-56(41-46)55-26-14-16-28-59(55)63(60)52-23-11-4-12-24-52)51-38-39-54-53-25-13-15-27-57(53)61(58(54)42-51,47-19-7-2-8-20-47)48-21-9-3-10-22-48;1-5-17-43(18-6-1)44-29-34-50(35-30-44)63(51-36-31-45(32-37-51)46-33-40-60-56(41-46)55-26-14-16-28-59(55)62(60)49-23-11-4-12-24-49)52-38-39-54-53-25-13-15-27-57(53)61(58(54)42-52,47-19-7-2-8-20-47)48-21-9-3-10-22-48/h2*1-42H. The third kappa shape index (κ3) is 12.8. The van der Waals surface area contributed by atoms with Gasteiger partial charge in [0.1, 0.15) is 0 Å². The van der Waals surface area contributed by atoms with Crippen LogP contribution in [-0.2, 0) is 10.8 Å². The van der Waals surface area contributed by atoms with Crippen molar-refractivity contribution in [2.75, 3.05) is 0 Å². The molecule has 0 N–H and O–H groups in total. The number of fused-ring (bicyclic) bond motifs is 12. The molecule has 0 bridgehead atoms. The maximum absolute atomic E-state index is 2.55. The predicted molar refractivity (Wildman–Crippen MR) is 534 cm³/mol. The van der Waals surface area contributed by atoms with Gasteiger partial charge < -0.3 is 9.13 Å². The molecule has 20 aromatic carbocycles. The van der Waals surface area contributed by atoms with Crippen LogP contribution in [0.3, 0.4) is 0 Å². The van der Waals surface area contributed by atoms with Crippen LogP contribution >= 0.6 is 7.92 Å². The molecule has 1 unspecified atom stereocenters. The average Bonchev–Trinajstić information content (AvgIpc) is 1.53. The van der Waals surface area contributed by atoms with Crippen molar-refractivity contribution in [3.8, 4) is 78.1 Å². The maximum Gasteiger partial charge on any atom is 0.241 e. The van der Waals surface area contributed by atoms with E-state index < -0.39 is 18.8 Å². The molecule has 22 aromatic rings. The van der Waals surface area contributed by atoms with E-state index in [1.807, 2.05) is 0 Å². The molecular formula is C122H84BN2P. The van der Waals surface area contributed by atoms with E-state index in [4.69, 9.17) is 0 Å². The van der Waals surface area contributed by atoms with E-state index in [2.05, 4.69) is 519 Å². The molecule has 24 rings (SSSR count). The van der Waals surface area contributed by atoms with Crippen LogP contribution in [0.25, 0.3) is 122 Å². The van der Waals surface area contributed by atoms with Crippen molar-refractivity contribution in [3.63, 3.8) is 0 Å². The molecule has 590 valence electrons. The summed E-state index contributed by atoms with van der Waals surface area (Å²) in [5.41, 5.74) is 35.4. The largest absolute Gasteiger partial charge is 0.309 e. The Morgan fingerprint density at radius 3 is 0.857 bits per heavy atom. The molecule has 4 heteroatoms. The summed E-state index contributed by atoms with van der Waals surface area (Å²) in [6, 6.07) is 189. The van der Waals surface area contributed by atoms with Gasteiger partial charge in [-0.15, -0.1) is 0 Å². The van der Waals surface area contributed by atoms with Crippen LogP contribution in [0, 0.1) is 0 Å². The molecule has 0 saturated heterocycles. The minimum atomic E-state index is -0.948. The second-order valence-corrected chi connectivity index (χ2v) is 35.5. The summed E-state index contributed by atoms with van der Waals surface area (Å²) in [7, 11) is -0.948. The number of aromatic nitrogens is 2. The summed E-state index contributed by atoms with van der Waals surface area (Å²) in [5, 5.41) is 9.02. The Morgan fingerprint density at radius 2 is 0.452 bits per heavy atom. The minimum Gasteiger partial charge on any atom is -0.309 e. The average molecular weight is 1620 g/mol. The second-order valence-electron chi connectivity index (χ2n) is 33.3. The van der Waals surface area contributed by atoms with Gasteiger partial charge >= 0.3 is 0 Å². The van der Waals surface area contributed by atoms with E-state index in [1.165, 1.54) is 199 Å². The highest BCUT2D eigenvalue weighted by Crippen LogP contribution is 2.58. The fourth-order valence-corrected chi connectivity index (χ4v) is 23.1. The van der Waals surface area contributed by atoms with Crippen LogP contribution in [0.4, 0.5) is 0 Å². The summed E-state index contributed by atoms with van der Waals surface area (Å²) in [6.45, 7) is -0.00606. The van der Waals surface area contributed by atoms with Crippen LogP contribution in [-0.4, -0.2) is 15.8 Å². The summed E-state index contributed by atoms with van der Waals surface area (Å²) in [5.74, 6) is 0. The quantitative estimate of drug-likeness (QED) is 0.0674. The minimum absolute atomic E-state index is 0.00606. The van der Waals surface area contributed by atoms with Crippen LogP contribution < -0.4 is 32.3 Å². The zero-order valence-corrected chi connectivity index (χ0v) is 70.3. The highest BCUT2D eigenvalue weighted by molar-refractivity contribution is 7.79. The van der Waals surface area contributed by atoms with Gasteiger partial charge in [0.15, 0.2) is 0 Å². The predicted octanol–water partition coefficient (Wildman–Crippen LogP) is 27.2. The first-order chi connectivity index (χ1) is 62.5. The number of nitrogens with zero attached hydrogens (tertiary/aromatic N) is 2. The number of para-hydroxylation sites is 4. The lowest BCUT2D eigenvalue weighted by atomic mass is 9.36. The second kappa shape index (κ2) is 32.1. The molecule has 2 nitrogen and oxygen atoms in total. The Hall–Kier alpha value is -15.5. The van der Waals surface area contributed by atoms with Crippen LogP contribution in [0.15, 0.2) is 510 Å².